The van der Waals surface area contributed by atoms with Crippen LogP contribution in [0.3, 0.4) is 0 Å². The molecule has 0 fully saturated rings. The average molecular weight is 279 g/mol. The number of hydrogen-bond acceptors (Lipinski definition) is 3. The van der Waals surface area contributed by atoms with Gasteiger partial charge >= 0.3 is 0 Å². The fraction of sp³-hybridized carbons (Fsp3) is 0.533. The van der Waals surface area contributed by atoms with E-state index in [9.17, 15) is 5.26 Å². The molecule has 0 saturated carbocycles. The molecule has 3 nitrogen and oxygen atoms in total. The van der Waals surface area contributed by atoms with Gasteiger partial charge in [-0.15, -0.1) is 0 Å². The molecule has 0 spiro atoms. The Kier molecular flexibility index (Phi) is 4.34. The highest BCUT2D eigenvalue weighted by Gasteiger charge is 2.41. The van der Waals surface area contributed by atoms with Crippen LogP contribution in [0.5, 0.6) is 5.75 Å². The second kappa shape index (κ2) is 5.81. The lowest BCUT2D eigenvalue weighted by molar-refractivity contribution is 0.142. The third-order valence-corrected chi connectivity index (χ3v) is 4.13. The van der Waals surface area contributed by atoms with E-state index >= 15 is 0 Å². The smallest absolute Gasteiger partial charge is 0.144 e. The number of nitriles is 1. The Bertz CT molecular complexity index is 493. The Hall–Kier alpha value is -1.24. The van der Waals surface area contributed by atoms with Crippen molar-refractivity contribution in [3.63, 3.8) is 0 Å². The Morgan fingerprint density at radius 1 is 1.42 bits per heavy atom. The summed E-state index contributed by atoms with van der Waals surface area (Å²) >= 11 is 6.24. The number of halogens is 1. The predicted molar refractivity (Wildman–Crippen MR) is 76.4 cm³/mol. The molecule has 0 aliphatic carbocycles. The van der Waals surface area contributed by atoms with Crippen LogP contribution in [-0.2, 0) is 5.54 Å². The maximum Gasteiger partial charge on any atom is 0.144 e. The number of rotatable bonds is 3. The second-order valence-electron chi connectivity index (χ2n) is 4.71. The summed E-state index contributed by atoms with van der Waals surface area (Å²) in [6.07, 6.45) is 1.63. The lowest BCUT2D eigenvalue weighted by Crippen LogP contribution is -2.44. The van der Waals surface area contributed by atoms with Gasteiger partial charge in [-0.3, -0.25) is 4.90 Å². The number of fused-ring (bicyclic) bond motifs is 1. The van der Waals surface area contributed by atoms with E-state index in [1.54, 1.807) is 0 Å². The van der Waals surface area contributed by atoms with Gasteiger partial charge in [0, 0.05) is 5.56 Å². The van der Waals surface area contributed by atoms with Gasteiger partial charge in [0.25, 0.3) is 0 Å². The van der Waals surface area contributed by atoms with Crippen LogP contribution < -0.4 is 4.74 Å². The van der Waals surface area contributed by atoms with Crippen molar-refractivity contribution >= 4 is 11.6 Å². The molecule has 0 amide bonds. The monoisotopic (exact) mass is 278 g/mol. The summed E-state index contributed by atoms with van der Waals surface area (Å²) in [7, 11) is 0. The van der Waals surface area contributed by atoms with Gasteiger partial charge in [-0.05, 0) is 32.0 Å². The average Bonchev–Trinajstić information content (AvgIpc) is 2.62. The van der Waals surface area contributed by atoms with Crippen LogP contribution in [0.1, 0.15) is 32.3 Å². The number of para-hydroxylation sites is 1. The highest BCUT2D eigenvalue weighted by Crippen LogP contribution is 2.43. The van der Waals surface area contributed by atoms with Crippen molar-refractivity contribution < 1.29 is 4.74 Å². The van der Waals surface area contributed by atoms with Crippen LogP contribution in [0.15, 0.2) is 18.2 Å². The first-order valence-corrected chi connectivity index (χ1v) is 7.15. The van der Waals surface area contributed by atoms with Crippen molar-refractivity contribution in [2.75, 3.05) is 19.7 Å². The van der Waals surface area contributed by atoms with E-state index in [-0.39, 0.29) is 0 Å². The van der Waals surface area contributed by atoms with Crippen molar-refractivity contribution in [2.45, 2.75) is 32.2 Å². The summed E-state index contributed by atoms with van der Waals surface area (Å²) in [6.45, 7) is 6.44. The van der Waals surface area contributed by atoms with Crippen molar-refractivity contribution in [3.05, 3.63) is 28.8 Å². The van der Waals surface area contributed by atoms with Gasteiger partial charge in [0.1, 0.15) is 11.3 Å². The first-order chi connectivity index (χ1) is 9.19. The summed E-state index contributed by atoms with van der Waals surface area (Å²) in [5.74, 6) is 0.676. The summed E-state index contributed by atoms with van der Waals surface area (Å²) in [6, 6.07) is 8.21. The maximum atomic E-state index is 9.85. The molecular weight excluding hydrogens is 260 g/mol. The quantitative estimate of drug-likeness (QED) is 0.848. The summed E-state index contributed by atoms with van der Waals surface area (Å²) in [4.78, 5) is 2.19. The minimum absolute atomic E-state index is 0.589. The molecule has 1 aliphatic heterocycles. The molecule has 1 aromatic carbocycles. The number of ether oxygens (including phenoxy) is 1. The molecule has 0 aromatic heterocycles. The number of benzene rings is 1. The fourth-order valence-electron chi connectivity index (χ4n) is 2.90. The van der Waals surface area contributed by atoms with E-state index in [4.69, 9.17) is 16.3 Å². The van der Waals surface area contributed by atoms with E-state index in [0.717, 1.165) is 31.5 Å². The van der Waals surface area contributed by atoms with Crippen molar-refractivity contribution in [1.29, 1.82) is 5.26 Å². The minimum Gasteiger partial charge on any atom is -0.492 e. The van der Waals surface area contributed by atoms with Gasteiger partial charge < -0.3 is 4.74 Å². The molecule has 0 bridgehead atoms. The molecular formula is C15H19ClN2O. The number of hydrogen-bond donors (Lipinski definition) is 0. The molecule has 19 heavy (non-hydrogen) atoms. The Balaban J connectivity index is 2.63. The van der Waals surface area contributed by atoms with Crippen molar-refractivity contribution in [1.82, 2.24) is 4.90 Å². The van der Waals surface area contributed by atoms with Crippen molar-refractivity contribution in [3.8, 4) is 11.8 Å². The normalized spacial score (nSPS) is 22.3. The fourth-order valence-corrected chi connectivity index (χ4v) is 3.13. The number of nitrogens with zero attached hydrogens (tertiary/aromatic N) is 2. The minimum atomic E-state index is -0.625. The summed E-state index contributed by atoms with van der Waals surface area (Å²) in [5, 5.41) is 10.4. The Morgan fingerprint density at radius 3 is 2.79 bits per heavy atom. The molecule has 4 heteroatoms. The molecule has 0 saturated heterocycles. The van der Waals surface area contributed by atoms with E-state index in [0.29, 0.717) is 17.4 Å². The molecule has 1 atom stereocenters. The van der Waals surface area contributed by atoms with Crippen LogP contribution >= 0.6 is 11.6 Å². The zero-order valence-electron chi connectivity index (χ0n) is 11.4. The largest absolute Gasteiger partial charge is 0.492 e. The highest BCUT2D eigenvalue weighted by molar-refractivity contribution is 6.32. The molecule has 2 rings (SSSR count). The topological polar surface area (TPSA) is 36.3 Å². The molecule has 0 radical (unpaired) electrons. The van der Waals surface area contributed by atoms with Crippen molar-refractivity contribution in [2.24, 2.45) is 0 Å². The van der Waals surface area contributed by atoms with Gasteiger partial charge in [-0.25, -0.2) is 0 Å². The van der Waals surface area contributed by atoms with Gasteiger partial charge in [0.05, 0.1) is 17.7 Å². The predicted octanol–water partition coefficient (Wildman–Crippen LogP) is 3.57. The molecule has 1 aromatic rings. The van der Waals surface area contributed by atoms with Gasteiger partial charge in [0.2, 0.25) is 0 Å². The lowest BCUT2D eigenvalue weighted by Gasteiger charge is -2.37. The van der Waals surface area contributed by atoms with Gasteiger partial charge in [-0.2, -0.15) is 5.26 Å². The first-order valence-electron chi connectivity index (χ1n) is 6.77. The van der Waals surface area contributed by atoms with Crippen LogP contribution in [0.2, 0.25) is 5.02 Å². The molecule has 0 N–H and O–H groups in total. The molecule has 102 valence electrons. The van der Waals surface area contributed by atoms with Crippen LogP contribution in [0, 0.1) is 11.3 Å². The summed E-state index contributed by atoms with van der Waals surface area (Å²) in [5.41, 5.74) is 0.281. The van der Waals surface area contributed by atoms with E-state index < -0.39 is 5.54 Å². The zero-order valence-corrected chi connectivity index (χ0v) is 12.2. The van der Waals surface area contributed by atoms with Crippen LogP contribution in [-0.4, -0.2) is 24.6 Å². The van der Waals surface area contributed by atoms with E-state index in [1.807, 2.05) is 18.2 Å². The Morgan fingerprint density at radius 2 is 2.16 bits per heavy atom. The van der Waals surface area contributed by atoms with Gasteiger partial charge in [-0.1, -0.05) is 37.6 Å². The van der Waals surface area contributed by atoms with Gasteiger partial charge in [0.15, 0.2) is 0 Å². The maximum absolute atomic E-state index is 9.85. The molecule has 1 unspecified atom stereocenters. The van der Waals surface area contributed by atoms with Crippen LogP contribution in [0.4, 0.5) is 0 Å². The summed E-state index contributed by atoms with van der Waals surface area (Å²) < 4.78 is 5.77. The lowest BCUT2D eigenvalue weighted by atomic mass is 9.85. The standard InChI is InChI=1S/C15H19ClN2O/c1-3-18(4-2)15(11-17)9-6-10-19-14-12(15)7-5-8-13(14)16/h5,7-8H,3-4,6,9-10H2,1-2H3. The first kappa shape index (κ1) is 14.2. The second-order valence-corrected chi connectivity index (χ2v) is 5.12. The zero-order chi connectivity index (χ0) is 13.9. The third-order valence-electron chi connectivity index (χ3n) is 3.83. The third kappa shape index (κ3) is 2.31. The SMILES string of the molecule is CCN(CC)C1(C#N)CCCOc2c(Cl)cccc21. The van der Waals surface area contributed by atoms with Crippen LogP contribution in [0.25, 0.3) is 0 Å². The Labute approximate surface area is 119 Å². The van der Waals surface area contributed by atoms with E-state index in [2.05, 4.69) is 24.8 Å². The highest BCUT2D eigenvalue weighted by atomic mass is 35.5. The molecule has 1 heterocycles. The van der Waals surface area contributed by atoms with E-state index in [1.165, 1.54) is 0 Å². The molecule has 1 aliphatic rings.